The fourth-order valence-corrected chi connectivity index (χ4v) is 2.32. The van der Waals surface area contributed by atoms with Crippen molar-refractivity contribution < 1.29 is 14.3 Å². The van der Waals surface area contributed by atoms with Crippen LogP contribution in [0, 0.1) is 0 Å². The molecule has 24 heavy (non-hydrogen) atoms. The molecule has 1 aliphatic heterocycles. The van der Waals surface area contributed by atoms with Crippen LogP contribution >= 0.6 is 0 Å². The maximum atomic E-state index is 12.1. The Balaban J connectivity index is 1.86. The summed E-state index contributed by atoms with van der Waals surface area (Å²) >= 11 is 0. The number of para-hydroxylation sites is 1. The van der Waals surface area contributed by atoms with Gasteiger partial charge in [-0.1, -0.05) is 49.7 Å². The van der Waals surface area contributed by atoms with E-state index in [0.29, 0.717) is 12.5 Å². The number of cyclic esters (lactones) is 1. The molecule has 0 fully saturated rings. The van der Waals surface area contributed by atoms with Gasteiger partial charge in [0.2, 0.25) is 5.90 Å². The Morgan fingerprint density at radius 1 is 1.08 bits per heavy atom. The minimum absolute atomic E-state index is 0.278. The molecule has 0 N–H and O–H groups in total. The Bertz CT molecular complexity index is 778. The molecule has 122 valence electrons. The number of carbonyl (C=O) groups is 1. The Morgan fingerprint density at radius 3 is 2.62 bits per heavy atom. The van der Waals surface area contributed by atoms with Crippen molar-refractivity contribution in [1.82, 2.24) is 0 Å². The van der Waals surface area contributed by atoms with Crippen molar-refractivity contribution in [2.75, 3.05) is 6.61 Å². The molecule has 0 unspecified atom stereocenters. The van der Waals surface area contributed by atoms with Gasteiger partial charge < -0.3 is 9.47 Å². The van der Waals surface area contributed by atoms with E-state index < -0.39 is 5.97 Å². The molecule has 0 saturated heterocycles. The maximum absolute atomic E-state index is 12.1. The normalized spacial score (nSPS) is 15.3. The number of ether oxygens (including phenoxy) is 2. The number of benzene rings is 2. The molecular formula is C20H19NO3. The standard InChI is InChI=1S/C20H19NO3/c1-2-3-13-23-18-12-8-7-11-16(18)14-17-20(22)24-19(21-17)15-9-5-4-6-10-15/h4-12,14H,2-3,13H2,1H3/b17-14+. The largest absolute Gasteiger partial charge is 0.493 e. The number of nitrogens with zero attached hydrogens (tertiary/aromatic N) is 1. The minimum atomic E-state index is -0.447. The summed E-state index contributed by atoms with van der Waals surface area (Å²) in [7, 11) is 0. The van der Waals surface area contributed by atoms with Gasteiger partial charge in [-0.3, -0.25) is 0 Å². The SMILES string of the molecule is CCCCOc1ccccc1/C=C1/N=C(c2ccccc2)OC1=O. The van der Waals surface area contributed by atoms with Crippen LogP contribution in [0.25, 0.3) is 6.08 Å². The molecule has 2 aromatic carbocycles. The van der Waals surface area contributed by atoms with Crippen LogP contribution in [-0.2, 0) is 9.53 Å². The summed E-state index contributed by atoms with van der Waals surface area (Å²) < 4.78 is 11.1. The average molecular weight is 321 g/mol. The smallest absolute Gasteiger partial charge is 0.363 e. The van der Waals surface area contributed by atoms with Gasteiger partial charge in [0.15, 0.2) is 5.70 Å². The van der Waals surface area contributed by atoms with E-state index >= 15 is 0 Å². The zero-order chi connectivity index (χ0) is 16.8. The monoisotopic (exact) mass is 321 g/mol. The highest BCUT2D eigenvalue weighted by Crippen LogP contribution is 2.24. The van der Waals surface area contributed by atoms with Crippen molar-refractivity contribution >= 4 is 17.9 Å². The minimum Gasteiger partial charge on any atom is -0.493 e. The van der Waals surface area contributed by atoms with E-state index in [9.17, 15) is 4.79 Å². The first-order chi connectivity index (χ1) is 11.8. The molecule has 0 bridgehead atoms. The van der Waals surface area contributed by atoms with E-state index in [1.54, 1.807) is 6.08 Å². The average Bonchev–Trinajstić information content (AvgIpc) is 2.98. The molecule has 0 saturated carbocycles. The van der Waals surface area contributed by atoms with Crippen molar-refractivity contribution in [3.05, 3.63) is 71.4 Å². The molecule has 0 aliphatic carbocycles. The Morgan fingerprint density at radius 2 is 1.83 bits per heavy atom. The van der Waals surface area contributed by atoms with Crippen molar-refractivity contribution in [1.29, 1.82) is 0 Å². The van der Waals surface area contributed by atoms with Crippen LogP contribution in [0.1, 0.15) is 30.9 Å². The Hall–Kier alpha value is -2.88. The molecule has 0 amide bonds. The number of hydrogen-bond acceptors (Lipinski definition) is 4. The third-order valence-electron chi connectivity index (χ3n) is 3.61. The summed E-state index contributed by atoms with van der Waals surface area (Å²) in [5, 5.41) is 0. The molecule has 4 heteroatoms. The van der Waals surface area contributed by atoms with E-state index in [1.165, 1.54) is 0 Å². The highest BCUT2D eigenvalue weighted by molar-refractivity contribution is 6.12. The lowest BCUT2D eigenvalue weighted by atomic mass is 10.1. The van der Waals surface area contributed by atoms with Crippen LogP contribution in [-0.4, -0.2) is 18.5 Å². The molecule has 4 nitrogen and oxygen atoms in total. The van der Waals surface area contributed by atoms with Gasteiger partial charge in [-0.2, -0.15) is 0 Å². The second-order valence-electron chi connectivity index (χ2n) is 5.44. The quantitative estimate of drug-likeness (QED) is 0.455. The zero-order valence-corrected chi connectivity index (χ0v) is 13.6. The van der Waals surface area contributed by atoms with E-state index in [-0.39, 0.29) is 5.70 Å². The molecule has 1 aliphatic rings. The molecule has 0 atom stereocenters. The van der Waals surface area contributed by atoms with Crippen molar-refractivity contribution in [2.45, 2.75) is 19.8 Å². The van der Waals surface area contributed by atoms with Gasteiger partial charge >= 0.3 is 5.97 Å². The molecule has 3 rings (SSSR count). The summed E-state index contributed by atoms with van der Waals surface area (Å²) in [6, 6.07) is 17.0. The van der Waals surface area contributed by atoms with E-state index in [0.717, 1.165) is 29.7 Å². The highest BCUT2D eigenvalue weighted by Gasteiger charge is 2.24. The van der Waals surface area contributed by atoms with E-state index in [4.69, 9.17) is 9.47 Å². The van der Waals surface area contributed by atoms with Crippen molar-refractivity contribution in [2.24, 2.45) is 4.99 Å². The lowest BCUT2D eigenvalue weighted by Crippen LogP contribution is -2.05. The van der Waals surface area contributed by atoms with Gasteiger partial charge in [0.1, 0.15) is 5.75 Å². The van der Waals surface area contributed by atoms with Gasteiger partial charge in [-0.15, -0.1) is 0 Å². The maximum Gasteiger partial charge on any atom is 0.363 e. The second-order valence-corrected chi connectivity index (χ2v) is 5.44. The Labute approximate surface area is 141 Å². The van der Waals surface area contributed by atoms with E-state index in [1.807, 2.05) is 54.6 Å². The molecule has 0 spiro atoms. The first-order valence-electron chi connectivity index (χ1n) is 8.07. The van der Waals surface area contributed by atoms with Crippen LogP contribution in [0.2, 0.25) is 0 Å². The zero-order valence-electron chi connectivity index (χ0n) is 13.6. The second kappa shape index (κ2) is 7.59. The van der Waals surface area contributed by atoms with Gasteiger partial charge in [0, 0.05) is 11.1 Å². The summed E-state index contributed by atoms with van der Waals surface area (Å²) in [4.78, 5) is 16.4. The van der Waals surface area contributed by atoms with Crippen LogP contribution in [0.5, 0.6) is 5.75 Å². The predicted octanol–water partition coefficient (Wildman–Crippen LogP) is 4.21. The summed E-state index contributed by atoms with van der Waals surface area (Å²) in [5.41, 5.74) is 1.88. The van der Waals surface area contributed by atoms with Gasteiger partial charge in [0.25, 0.3) is 0 Å². The molecule has 0 radical (unpaired) electrons. The number of unbranched alkanes of at least 4 members (excludes halogenated alkanes) is 1. The van der Waals surface area contributed by atoms with Crippen LogP contribution < -0.4 is 4.74 Å². The number of hydrogen-bond donors (Lipinski definition) is 0. The summed E-state index contributed by atoms with van der Waals surface area (Å²) in [5.74, 6) is 0.628. The highest BCUT2D eigenvalue weighted by atomic mass is 16.6. The van der Waals surface area contributed by atoms with Gasteiger partial charge in [-0.25, -0.2) is 9.79 Å². The molecule has 1 heterocycles. The van der Waals surface area contributed by atoms with Crippen LogP contribution in [0.4, 0.5) is 0 Å². The fourth-order valence-electron chi connectivity index (χ4n) is 2.32. The van der Waals surface area contributed by atoms with Gasteiger partial charge in [-0.05, 0) is 30.7 Å². The summed E-state index contributed by atoms with van der Waals surface area (Å²) in [6.07, 6.45) is 3.77. The third-order valence-corrected chi connectivity index (χ3v) is 3.61. The fraction of sp³-hybridized carbons (Fsp3) is 0.200. The number of esters is 1. The number of rotatable bonds is 6. The lowest BCUT2D eigenvalue weighted by Gasteiger charge is -2.08. The number of carbonyl (C=O) groups excluding carboxylic acids is 1. The first kappa shape index (κ1) is 16.0. The molecule has 0 aromatic heterocycles. The summed E-state index contributed by atoms with van der Waals surface area (Å²) in [6.45, 7) is 2.77. The molecular weight excluding hydrogens is 302 g/mol. The molecule has 2 aromatic rings. The number of aliphatic imine (C=N–C) groups is 1. The predicted molar refractivity (Wildman–Crippen MR) is 93.9 cm³/mol. The first-order valence-corrected chi connectivity index (χ1v) is 8.07. The van der Waals surface area contributed by atoms with Crippen molar-refractivity contribution in [3.63, 3.8) is 0 Å². The Kier molecular flexibility index (Phi) is 5.06. The van der Waals surface area contributed by atoms with Crippen LogP contribution in [0.3, 0.4) is 0 Å². The lowest BCUT2D eigenvalue weighted by molar-refractivity contribution is -0.129. The van der Waals surface area contributed by atoms with Crippen LogP contribution in [0.15, 0.2) is 65.3 Å². The third kappa shape index (κ3) is 3.71. The van der Waals surface area contributed by atoms with E-state index in [2.05, 4.69) is 11.9 Å². The topological polar surface area (TPSA) is 47.9 Å². The van der Waals surface area contributed by atoms with Gasteiger partial charge in [0.05, 0.1) is 6.61 Å². The van der Waals surface area contributed by atoms with Crippen molar-refractivity contribution in [3.8, 4) is 5.75 Å².